The second kappa shape index (κ2) is 8.18. The molecule has 0 unspecified atom stereocenters. The van der Waals surface area contributed by atoms with Gasteiger partial charge in [0.25, 0.3) is 0 Å². The maximum absolute atomic E-state index is 11.3. The van der Waals surface area contributed by atoms with Crippen molar-refractivity contribution in [2.75, 3.05) is 13.7 Å². The van der Waals surface area contributed by atoms with Crippen LogP contribution in [-0.4, -0.2) is 117 Å². The third kappa shape index (κ3) is 3.93. The van der Waals surface area contributed by atoms with Crippen molar-refractivity contribution in [3.8, 4) is 0 Å². The van der Waals surface area contributed by atoms with Crippen LogP contribution >= 0.6 is 0 Å². The zero-order chi connectivity index (χ0) is 18.9. The molecule has 0 aromatic heterocycles. The molecule has 25 heavy (non-hydrogen) atoms. The van der Waals surface area contributed by atoms with Crippen molar-refractivity contribution in [2.45, 2.75) is 61.4 Å². The van der Waals surface area contributed by atoms with Crippen LogP contribution in [0.3, 0.4) is 0 Å². The minimum atomic E-state index is -1.78. The molecule has 0 aliphatic carbocycles. The molecule has 12 nitrogen and oxygen atoms in total. The molecule has 0 amide bonds. The van der Waals surface area contributed by atoms with E-state index in [9.17, 15) is 35.4 Å². The quantitative estimate of drug-likeness (QED) is 0.245. The number of aliphatic hydroxyl groups excluding tert-OH is 6. The average Bonchev–Trinajstić information content (AvgIpc) is 2.58. The van der Waals surface area contributed by atoms with Crippen LogP contribution in [0.25, 0.3) is 0 Å². The predicted molar refractivity (Wildman–Crippen MR) is 74.0 cm³/mol. The van der Waals surface area contributed by atoms with Crippen LogP contribution in [0, 0.1) is 0 Å². The van der Waals surface area contributed by atoms with E-state index in [2.05, 4.69) is 0 Å². The Bertz CT molecular complexity index is 458. The minimum absolute atomic E-state index is 0.722. The number of carboxylic acid groups (broad SMARTS) is 1. The van der Waals surface area contributed by atoms with Gasteiger partial charge in [-0.15, -0.1) is 0 Å². The molecule has 2 aliphatic heterocycles. The molecule has 12 heteroatoms. The molecule has 0 bridgehead atoms. The van der Waals surface area contributed by atoms with Crippen molar-refractivity contribution in [1.82, 2.24) is 0 Å². The van der Waals surface area contributed by atoms with E-state index >= 15 is 0 Å². The van der Waals surface area contributed by atoms with E-state index in [1.54, 1.807) is 0 Å². The molecule has 2 rings (SSSR count). The van der Waals surface area contributed by atoms with Crippen molar-refractivity contribution in [2.24, 2.45) is 0 Å². The van der Waals surface area contributed by atoms with Crippen molar-refractivity contribution < 1.29 is 59.5 Å². The number of carbonyl (C=O) groups is 1. The molecular weight excluding hydrogens is 348 g/mol. The van der Waals surface area contributed by atoms with E-state index in [1.165, 1.54) is 0 Å². The number of ether oxygens (including phenoxy) is 4. The lowest BCUT2D eigenvalue weighted by Gasteiger charge is -2.45. The third-order valence-electron chi connectivity index (χ3n) is 4.19. The first kappa shape index (κ1) is 20.4. The van der Waals surface area contributed by atoms with Crippen LogP contribution in [0.5, 0.6) is 0 Å². The Hall–Kier alpha value is -0.930. The summed E-state index contributed by atoms with van der Waals surface area (Å²) in [5.74, 6) is -1.49. The Morgan fingerprint density at radius 1 is 0.960 bits per heavy atom. The lowest BCUT2D eigenvalue weighted by Crippen LogP contribution is -2.65. The van der Waals surface area contributed by atoms with E-state index in [0.29, 0.717) is 0 Å². The number of aliphatic carboxylic acids is 1. The van der Waals surface area contributed by atoms with Crippen LogP contribution in [0.4, 0.5) is 0 Å². The minimum Gasteiger partial charge on any atom is -0.479 e. The van der Waals surface area contributed by atoms with Crippen LogP contribution in [0.1, 0.15) is 0 Å². The molecule has 7 N–H and O–H groups in total. The first-order chi connectivity index (χ1) is 11.7. The molecule has 2 fully saturated rings. The van der Waals surface area contributed by atoms with Gasteiger partial charge in [0.2, 0.25) is 0 Å². The number of rotatable bonds is 5. The first-order valence-corrected chi connectivity index (χ1v) is 7.46. The molecule has 0 saturated carbocycles. The number of carboxylic acids is 1. The summed E-state index contributed by atoms with van der Waals surface area (Å²) in [5, 5.41) is 67.6. The van der Waals surface area contributed by atoms with E-state index in [0.717, 1.165) is 7.11 Å². The fraction of sp³-hybridized carbons (Fsp3) is 0.923. The number of methoxy groups -OCH3 is 1. The maximum Gasteiger partial charge on any atom is 0.335 e. The molecule has 2 heterocycles. The van der Waals surface area contributed by atoms with Crippen LogP contribution in [0.15, 0.2) is 0 Å². The van der Waals surface area contributed by atoms with Crippen LogP contribution in [-0.2, 0) is 23.7 Å². The van der Waals surface area contributed by atoms with Gasteiger partial charge in [-0.05, 0) is 0 Å². The second-order valence-electron chi connectivity index (χ2n) is 5.77. The number of hydrogen-bond donors (Lipinski definition) is 7. The lowest BCUT2D eigenvalue weighted by atomic mass is 9.97. The van der Waals surface area contributed by atoms with Gasteiger partial charge in [0.15, 0.2) is 18.7 Å². The van der Waals surface area contributed by atoms with E-state index in [4.69, 9.17) is 24.1 Å². The summed E-state index contributed by atoms with van der Waals surface area (Å²) in [6.07, 6.45) is -16.3. The van der Waals surface area contributed by atoms with Gasteiger partial charge in [-0.2, -0.15) is 0 Å². The second-order valence-corrected chi connectivity index (χ2v) is 5.77. The molecule has 10 atom stereocenters. The smallest absolute Gasteiger partial charge is 0.335 e. The van der Waals surface area contributed by atoms with Crippen molar-refractivity contribution in [3.05, 3.63) is 0 Å². The van der Waals surface area contributed by atoms with Gasteiger partial charge in [0.1, 0.15) is 42.7 Å². The van der Waals surface area contributed by atoms with Crippen molar-refractivity contribution in [3.63, 3.8) is 0 Å². The van der Waals surface area contributed by atoms with Gasteiger partial charge in [-0.3, -0.25) is 0 Å². The molecule has 0 aromatic rings. The highest BCUT2D eigenvalue weighted by Crippen LogP contribution is 2.29. The van der Waals surface area contributed by atoms with Gasteiger partial charge in [0, 0.05) is 7.11 Å². The highest BCUT2D eigenvalue weighted by Gasteiger charge is 2.52. The number of aliphatic hydroxyl groups is 6. The summed E-state index contributed by atoms with van der Waals surface area (Å²) in [6, 6.07) is 0. The fourth-order valence-corrected chi connectivity index (χ4v) is 2.80. The summed E-state index contributed by atoms with van der Waals surface area (Å²) in [5.41, 5.74) is 0. The topological polar surface area (TPSA) is 196 Å². The van der Waals surface area contributed by atoms with Crippen molar-refractivity contribution in [1.29, 1.82) is 0 Å². The molecule has 0 spiro atoms. The Morgan fingerprint density at radius 3 is 2.08 bits per heavy atom. The highest BCUT2D eigenvalue weighted by atomic mass is 16.7. The van der Waals surface area contributed by atoms with E-state index in [-0.39, 0.29) is 0 Å². The zero-order valence-electron chi connectivity index (χ0n) is 13.2. The van der Waals surface area contributed by atoms with Gasteiger partial charge < -0.3 is 54.7 Å². The lowest BCUT2D eigenvalue weighted by molar-refractivity contribution is -0.352. The molecular formula is C13H22O12. The predicted octanol–water partition coefficient (Wildman–Crippen LogP) is -4.65. The Labute approximate surface area is 141 Å². The summed E-state index contributed by atoms with van der Waals surface area (Å²) >= 11 is 0. The standard InChI is InChI=1S/C13H22O12/c1-22-9-5(16)7(18)13(25-10(9)11(19)20)24-8-3(2-14)23-12(21)6(17)4(8)15/h3-10,12-18,21H,2H2,1H3,(H,19,20)/t3-,4-,5-,6-,7-,8+,9+,10+,12-,13+/m1/s1. The maximum atomic E-state index is 11.3. The molecule has 2 saturated heterocycles. The normalized spacial score (nSPS) is 48.3. The first-order valence-electron chi connectivity index (χ1n) is 7.46. The molecule has 2 aliphatic rings. The van der Waals surface area contributed by atoms with Gasteiger partial charge in [0.05, 0.1) is 6.61 Å². The van der Waals surface area contributed by atoms with Crippen LogP contribution < -0.4 is 0 Å². The average molecular weight is 370 g/mol. The summed E-state index contributed by atoms with van der Waals surface area (Å²) in [4.78, 5) is 11.3. The summed E-state index contributed by atoms with van der Waals surface area (Å²) < 4.78 is 20.1. The fourth-order valence-electron chi connectivity index (χ4n) is 2.80. The largest absolute Gasteiger partial charge is 0.479 e. The Morgan fingerprint density at radius 2 is 1.56 bits per heavy atom. The third-order valence-corrected chi connectivity index (χ3v) is 4.19. The molecule has 146 valence electrons. The summed E-state index contributed by atoms with van der Waals surface area (Å²) in [7, 11) is 1.12. The zero-order valence-corrected chi connectivity index (χ0v) is 13.2. The monoisotopic (exact) mass is 370 g/mol. The molecule has 0 radical (unpaired) electrons. The highest BCUT2D eigenvalue weighted by molar-refractivity contribution is 5.73. The van der Waals surface area contributed by atoms with Crippen molar-refractivity contribution >= 4 is 5.97 Å². The van der Waals surface area contributed by atoms with Gasteiger partial charge in [-0.1, -0.05) is 0 Å². The molecule has 0 aromatic carbocycles. The SMILES string of the molecule is CO[C@H]1[C@H](O)[C@@H](O)[C@@H](O[C@@H]2[C@H](O)[C@@H](O)[C@H](O)O[C@@H]2CO)O[C@@H]1C(=O)O. The Balaban J connectivity index is 2.18. The summed E-state index contributed by atoms with van der Waals surface area (Å²) in [6.45, 7) is -0.722. The van der Waals surface area contributed by atoms with Gasteiger partial charge >= 0.3 is 5.97 Å². The Kier molecular flexibility index (Phi) is 6.67. The van der Waals surface area contributed by atoms with E-state index in [1.807, 2.05) is 0 Å². The van der Waals surface area contributed by atoms with E-state index < -0.39 is 74.0 Å². The van der Waals surface area contributed by atoms with Crippen LogP contribution in [0.2, 0.25) is 0 Å². The van der Waals surface area contributed by atoms with Gasteiger partial charge in [-0.25, -0.2) is 4.79 Å². The number of hydrogen-bond acceptors (Lipinski definition) is 11.